The third-order valence-electron chi connectivity index (χ3n) is 2.87. The van der Waals surface area contributed by atoms with Gasteiger partial charge in [-0.2, -0.15) is 0 Å². The van der Waals surface area contributed by atoms with E-state index < -0.39 is 23.5 Å². The Morgan fingerprint density at radius 1 is 1.53 bits per heavy atom. The first kappa shape index (κ1) is 11.5. The summed E-state index contributed by atoms with van der Waals surface area (Å²) in [5.74, 6) is -1.47. The molecule has 6 heteroatoms. The number of nitrogens with one attached hydrogen (secondary N) is 1. The monoisotopic (exact) mass is 236 g/mol. The molecular weight excluding hydrogens is 222 g/mol. The van der Waals surface area contributed by atoms with Gasteiger partial charge in [-0.3, -0.25) is 4.79 Å². The van der Waals surface area contributed by atoms with E-state index in [0.717, 1.165) is 0 Å². The van der Waals surface area contributed by atoms with Crippen LogP contribution in [0.1, 0.15) is 6.42 Å². The molecule has 1 aromatic rings. The summed E-state index contributed by atoms with van der Waals surface area (Å²) < 4.78 is 1.77. The molecule has 6 nitrogen and oxygen atoms in total. The predicted octanol–water partition coefficient (Wildman–Crippen LogP) is -1.36. The zero-order valence-corrected chi connectivity index (χ0v) is 9.17. The van der Waals surface area contributed by atoms with Gasteiger partial charge in [-0.05, 0) is 0 Å². The van der Waals surface area contributed by atoms with Gasteiger partial charge in [0.1, 0.15) is 6.04 Å². The van der Waals surface area contributed by atoms with Gasteiger partial charge in [0, 0.05) is 18.6 Å². The normalized spacial score (nSPS) is 27.8. The van der Waals surface area contributed by atoms with E-state index in [4.69, 9.17) is 10.8 Å². The van der Waals surface area contributed by atoms with Crippen LogP contribution in [0.15, 0.2) is 30.6 Å². The smallest absolute Gasteiger partial charge is 0.326 e. The molecule has 17 heavy (non-hydrogen) atoms. The van der Waals surface area contributed by atoms with Crippen LogP contribution >= 0.6 is 0 Å². The number of pyridine rings is 1. The van der Waals surface area contributed by atoms with E-state index in [9.17, 15) is 9.59 Å². The SMILES string of the molecule is NC1(C[n+]2ccccc2)C[C@@H](C(=O)O)NC1=O. The first-order chi connectivity index (χ1) is 8.01. The van der Waals surface area contributed by atoms with Crippen molar-refractivity contribution in [3.63, 3.8) is 0 Å². The van der Waals surface area contributed by atoms with Crippen LogP contribution in [0.5, 0.6) is 0 Å². The molecule has 1 fully saturated rings. The zero-order valence-electron chi connectivity index (χ0n) is 9.17. The van der Waals surface area contributed by atoms with Crippen molar-refractivity contribution in [2.45, 2.75) is 24.5 Å². The van der Waals surface area contributed by atoms with Crippen molar-refractivity contribution in [1.29, 1.82) is 0 Å². The van der Waals surface area contributed by atoms with Crippen LogP contribution in [-0.4, -0.2) is 28.6 Å². The lowest BCUT2D eigenvalue weighted by Crippen LogP contribution is -2.57. The molecule has 1 saturated heterocycles. The second-order valence-electron chi connectivity index (χ2n) is 4.27. The van der Waals surface area contributed by atoms with Crippen molar-refractivity contribution < 1.29 is 19.3 Å². The summed E-state index contributed by atoms with van der Waals surface area (Å²) in [5, 5.41) is 11.2. The van der Waals surface area contributed by atoms with E-state index in [1.165, 1.54) is 0 Å². The molecule has 2 atom stereocenters. The van der Waals surface area contributed by atoms with Crippen LogP contribution in [0.25, 0.3) is 0 Å². The Kier molecular flexibility index (Phi) is 2.81. The van der Waals surface area contributed by atoms with Gasteiger partial charge in [0.25, 0.3) is 0 Å². The average Bonchev–Trinajstić information content (AvgIpc) is 2.57. The number of nitrogens with zero attached hydrogens (tertiary/aromatic N) is 1. The summed E-state index contributed by atoms with van der Waals surface area (Å²) >= 11 is 0. The molecule has 2 heterocycles. The van der Waals surface area contributed by atoms with Gasteiger partial charge < -0.3 is 16.2 Å². The summed E-state index contributed by atoms with van der Waals surface area (Å²) in [4.78, 5) is 22.5. The summed E-state index contributed by atoms with van der Waals surface area (Å²) in [6, 6.07) is 4.61. The molecule has 0 aliphatic carbocycles. The second-order valence-corrected chi connectivity index (χ2v) is 4.27. The van der Waals surface area contributed by atoms with Crippen molar-refractivity contribution in [2.24, 2.45) is 5.73 Å². The molecule has 0 radical (unpaired) electrons. The van der Waals surface area contributed by atoms with Crippen molar-refractivity contribution in [3.8, 4) is 0 Å². The number of aromatic nitrogens is 1. The number of nitrogens with two attached hydrogens (primary N) is 1. The Labute approximate surface area is 98.1 Å². The van der Waals surface area contributed by atoms with E-state index in [1.807, 2.05) is 18.2 Å². The highest BCUT2D eigenvalue weighted by molar-refractivity contribution is 5.94. The maximum Gasteiger partial charge on any atom is 0.326 e. The van der Waals surface area contributed by atoms with Crippen molar-refractivity contribution in [1.82, 2.24) is 5.32 Å². The molecule has 1 aliphatic rings. The fourth-order valence-corrected chi connectivity index (χ4v) is 1.96. The maximum absolute atomic E-state index is 11.7. The first-order valence-electron chi connectivity index (χ1n) is 5.28. The van der Waals surface area contributed by atoms with Gasteiger partial charge in [-0.1, -0.05) is 6.07 Å². The highest BCUT2D eigenvalue weighted by Gasteiger charge is 2.49. The number of hydrogen-bond acceptors (Lipinski definition) is 3. The number of carbonyl (C=O) groups is 2. The summed E-state index contributed by atoms with van der Waals surface area (Å²) in [6.07, 6.45) is 3.68. The highest BCUT2D eigenvalue weighted by atomic mass is 16.4. The van der Waals surface area contributed by atoms with E-state index >= 15 is 0 Å². The van der Waals surface area contributed by atoms with E-state index in [1.54, 1.807) is 17.0 Å². The van der Waals surface area contributed by atoms with Crippen molar-refractivity contribution in [2.75, 3.05) is 0 Å². The minimum absolute atomic E-state index is 0.100. The molecule has 0 aromatic carbocycles. The molecule has 1 aromatic heterocycles. The Hall–Kier alpha value is -1.95. The summed E-state index contributed by atoms with van der Waals surface area (Å²) in [7, 11) is 0. The Morgan fingerprint density at radius 2 is 2.18 bits per heavy atom. The van der Waals surface area contributed by atoms with Crippen LogP contribution in [0.3, 0.4) is 0 Å². The Bertz CT molecular complexity index is 449. The van der Waals surface area contributed by atoms with E-state index in [2.05, 4.69) is 5.32 Å². The number of amides is 1. The number of carboxylic acid groups (broad SMARTS) is 1. The average molecular weight is 236 g/mol. The number of rotatable bonds is 3. The van der Waals surface area contributed by atoms with Gasteiger partial charge in [0.2, 0.25) is 5.91 Å². The molecule has 0 saturated carbocycles. The lowest BCUT2D eigenvalue weighted by Gasteiger charge is -2.16. The highest BCUT2D eigenvalue weighted by Crippen LogP contribution is 2.18. The number of aliphatic carboxylic acids is 1. The standard InChI is InChI=1S/C11H13N3O3/c12-11(7-14-4-2-1-3-5-14)6-8(9(15)16)13-10(11)17/h1-5,8H,6-7,12H2,(H-,13,15,16,17)/p+1/t8-,11?/m0/s1. The zero-order chi connectivity index (χ0) is 12.5. The molecule has 90 valence electrons. The predicted molar refractivity (Wildman–Crippen MR) is 57.7 cm³/mol. The van der Waals surface area contributed by atoms with Gasteiger partial charge in [0.05, 0.1) is 0 Å². The quantitative estimate of drug-likeness (QED) is 0.565. The second kappa shape index (κ2) is 4.14. The lowest BCUT2D eigenvalue weighted by molar-refractivity contribution is -0.701. The van der Waals surface area contributed by atoms with Gasteiger partial charge in [0.15, 0.2) is 24.5 Å². The van der Waals surface area contributed by atoms with E-state index in [0.29, 0.717) is 0 Å². The van der Waals surface area contributed by atoms with Crippen LogP contribution in [0.2, 0.25) is 0 Å². The van der Waals surface area contributed by atoms with Crippen LogP contribution in [0, 0.1) is 0 Å². The maximum atomic E-state index is 11.7. The third-order valence-corrected chi connectivity index (χ3v) is 2.87. The minimum Gasteiger partial charge on any atom is -0.480 e. The topological polar surface area (TPSA) is 96.3 Å². The third kappa shape index (κ3) is 2.26. The summed E-state index contributed by atoms with van der Waals surface area (Å²) in [5.41, 5.74) is 4.81. The molecular formula is C11H14N3O3+. The molecule has 0 bridgehead atoms. The molecule has 0 spiro atoms. The van der Waals surface area contributed by atoms with E-state index in [-0.39, 0.29) is 13.0 Å². The number of hydrogen-bond donors (Lipinski definition) is 3. The Morgan fingerprint density at radius 3 is 2.71 bits per heavy atom. The van der Waals surface area contributed by atoms with Gasteiger partial charge in [-0.25, -0.2) is 9.36 Å². The molecule has 2 rings (SSSR count). The molecule has 1 amide bonds. The fraction of sp³-hybridized carbons (Fsp3) is 0.364. The van der Waals surface area contributed by atoms with Crippen molar-refractivity contribution in [3.05, 3.63) is 30.6 Å². The first-order valence-corrected chi connectivity index (χ1v) is 5.28. The number of carbonyl (C=O) groups excluding carboxylic acids is 1. The largest absolute Gasteiger partial charge is 0.480 e. The van der Waals surface area contributed by atoms with Crippen LogP contribution < -0.4 is 15.6 Å². The van der Waals surface area contributed by atoms with Crippen molar-refractivity contribution >= 4 is 11.9 Å². The minimum atomic E-state index is -1.16. The Balaban J connectivity index is 2.15. The summed E-state index contributed by atoms with van der Waals surface area (Å²) in [6.45, 7) is 0.267. The molecule has 1 unspecified atom stereocenters. The van der Waals surface area contributed by atoms with Crippen LogP contribution in [0.4, 0.5) is 0 Å². The van der Waals surface area contributed by atoms with Gasteiger partial charge in [-0.15, -0.1) is 0 Å². The van der Waals surface area contributed by atoms with Crippen LogP contribution in [-0.2, 0) is 16.1 Å². The lowest BCUT2D eigenvalue weighted by atomic mass is 9.96. The van der Waals surface area contributed by atoms with Gasteiger partial charge >= 0.3 is 5.97 Å². The molecule has 4 N–H and O–H groups in total. The number of carboxylic acids is 1. The molecule has 1 aliphatic heterocycles. The fourth-order valence-electron chi connectivity index (χ4n) is 1.96.